The van der Waals surface area contributed by atoms with Crippen LogP contribution in [0.25, 0.3) is 16.5 Å². The van der Waals surface area contributed by atoms with Crippen molar-refractivity contribution in [3.8, 4) is 23.1 Å². The van der Waals surface area contributed by atoms with Gasteiger partial charge in [0.1, 0.15) is 5.00 Å². The predicted octanol–water partition coefficient (Wildman–Crippen LogP) is 5.86. The standard InChI is InChI=1S/C32H35N3O6S/c1-8-41-30(38)25-21-16-31(2,3)34-32(4,5)26(21)42-27(25)33-17-22-19-11-9-10-12-20(19)28(36)35(29(22)37)18-13-14-23(39-6)24(15-18)40-7/h9-15,17,34,37H,8,16H2,1-7H3. The number of benzene rings is 2. The number of nitrogens with zero attached hydrogens (tertiary/aromatic N) is 2. The minimum Gasteiger partial charge on any atom is -0.494 e. The zero-order valence-corrected chi connectivity index (χ0v) is 25.6. The van der Waals surface area contributed by atoms with Gasteiger partial charge >= 0.3 is 5.97 Å². The van der Waals surface area contributed by atoms with Gasteiger partial charge < -0.3 is 24.6 Å². The van der Waals surface area contributed by atoms with Crippen molar-refractivity contribution in [1.29, 1.82) is 0 Å². The number of carbonyl (C=O) groups is 1. The Balaban J connectivity index is 1.73. The molecular formula is C32H35N3O6S. The third-order valence-electron chi connectivity index (χ3n) is 7.34. The molecule has 0 atom stereocenters. The lowest BCUT2D eigenvalue weighted by Crippen LogP contribution is -2.55. The van der Waals surface area contributed by atoms with Crippen molar-refractivity contribution in [3.05, 3.63) is 74.4 Å². The molecular weight excluding hydrogens is 554 g/mol. The van der Waals surface area contributed by atoms with Crippen molar-refractivity contribution in [2.45, 2.75) is 52.1 Å². The maximum atomic E-state index is 13.6. The first kappa shape index (κ1) is 29.3. The molecule has 2 aromatic heterocycles. The molecule has 2 N–H and O–H groups in total. The monoisotopic (exact) mass is 589 g/mol. The van der Waals surface area contributed by atoms with E-state index < -0.39 is 17.1 Å². The summed E-state index contributed by atoms with van der Waals surface area (Å²) in [5.74, 6) is 0.175. The summed E-state index contributed by atoms with van der Waals surface area (Å²) < 4.78 is 17.5. The Kier molecular flexibility index (Phi) is 7.63. The molecule has 0 amide bonds. The van der Waals surface area contributed by atoms with Crippen LogP contribution in [0.15, 0.2) is 52.3 Å². The normalized spacial score (nSPS) is 15.5. The molecule has 0 saturated heterocycles. The van der Waals surface area contributed by atoms with Crippen LogP contribution in [0.2, 0.25) is 0 Å². The average Bonchev–Trinajstić information content (AvgIpc) is 3.30. The first-order valence-electron chi connectivity index (χ1n) is 13.7. The molecule has 10 heteroatoms. The molecule has 42 heavy (non-hydrogen) atoms. The van der Waals surface area contributed by atoms with Crippen LogP contribution in [0.5, 0.6) is 17.4 Å². The van der Waals surface area contributed by atoms with Gasteiger partial charge in [0.25, 0.3) is 5.56 Å². The molecule has 0 fully saturated rings. The number of fused-ring (bicyclic) bond motifs is 2. The molecule has 220 valence electrons. The quantitative estimate of drug-likeness (QED) is 0.205. The van der Waals surface area contributed by atoms with Gasteiger partial charge in [-0.05, 0) is 64.8 Å². The molecule has 5 rings (SSSR count). The van der Waals surface area contributed by atoms with Crippen LogP contribution in [-0.2, 0) is 16.7 Å². The largest absolute Gasteiger partial charge is 0.494 e. The van der Waals surface area contributed by atoms with Gasteiger partial charge in [-0.2, -0.15) is 0 Å². The third kappa shape index (κ3) is 5.05. The van der Waals surface area contributed by atoms with Gasteiger partial charge in [-0.1, -0.05) is 18.2 Å². The van der Waals surface area contributed by atoms with E-state index >= 15 is 0 Å². The summed E-state index contributed by atoms with van der Waals surface area (Å²) in [4.78, 5) is 32.7. The maximum Gasteiger partial charge on any atom is 0.341 e. The van der Waals surface area contributed by atoms with E-state index in [2.05, 4.69) is 33.0 Å². The van der Waals surface area contributed by atoms with E-state index in [9.17, 15) is 14.7 Å². The zero-order valence-electron chi connectivity index (χ0n) is 24.8. The Hall–Kier alpha value is -4.15. The summed E-state index contributed by atoms with van der Waals surface area (Å²) in [6.07, 6.45) is 2.14. The van der Waals surface area contributed by atoms with Crippen LogP contribution in [-0.4, -0.2) is 48.2 Å². The second-order valence-electron chi connectivity index (χ2n) is 11.3. The molecule has 9 nitrogen and oxygen atoms in total. The summed E-state index contributed by atoms with van der Waals surface area (Å²) in [6, 6.07) is 12.0. The second kappa shape index (κ2) is 10.9. The Morgan fingerprint density at radius 3 is 2.45 bits per heavy atom. The fraction of sp³-hybridized carbons (Fsp3) is 0.344. The van der Waals surface area contributed by atoms with E-state index in [4.69, 9.17) is 19.2 Å². The SMILES string of the molecule is CCOC(=O)c1c(N=Cc2c(O)n(-c3ccc(OC)c(OC)c3)c(=O)c3ccccc23)sc2c1CC(C)(C)NC2(C)C. The number of carbonyl (C=O) groups excluding carboxylic acids is 1. The number of thiophene rings is 1. The summed E-state index contributed by atoms with van der Waals surface area (Å²) in [6.45, 7) is 10.4. The number of rotatable bonds is 7. The number of ether oxygens (including phenoxy) is 3. The van der Waals surface area contributed by atoms with Crippen molar-refractivity contribution in [2.75, 3.05) is 20.8 Å². The zero-order chi connectivity index (χ0) is 30.4. The van der Waals surface area contributed by atoms with Gasteiger partial charge in [-0.25, -0.2) is 14.4 Å². The number of pyridine rings is 1. The lowest BCUT2D eigenvalue weighted by atomic mass is 9.81. The number of aromatic hydroxyl groups is 1. The molecule has 0 spiro atoms. The molecule has 0 aliphatic carbocycles. The van der Waals surface area contributed by atoms with Crippen molar-refractivity contribution >= 4 is 39.3 Å². The number of hydrogen-bond donors (Lipinski definition) is 2. The fourth-order valence-corrected chi connectivity index (χ4v) is 7.05. The highest BCUT2D eigenvalue weighted by molar-refractivity contribution is 7.16. The van der Waals surface area contributed by atoms with E-state index in [1.165, 1.54) is 36.3 Å². The molecule has 1 aliphatic heterocycles. The molecule has 0 bridgehead atoms. The minimum atomic E-state index is -0.431. The highest BCUT2D eigenvalue weighted by Crippen LogP contribution is 2.46. The lowest BCUT2D eigenvalue weighted by Gasteiger charge is -2.42. The fourth-order valence-electron chi connectivity index (χ4n) is 5.83. The van der Waals surface area contributed by atoms with Crippen molar-refractivity contribution in [3.63, 3.8) is 0 Å². The number of nitrogens with one attached hydrogen (secondary N) is 1. The van der Waals surface area contributed by atoms with Gasteiger partial charge in [0, 0.05) is 39.0 Å². The maximum absolute atomic E-state index is 13.6. The van der Waals surface area contributed by atoms with Gasteiger partial charge in [0.2, 0.25) is 5.88 Å². The van der Waals surface area contributed by atoms with E-state index in [1.807, 2.05) is 0 Å². The second-order valence-corrected chi connectivity index (χ2v) is 12.3. The van der Waals surface area contributed by atoms with Gasteiger partial charge in [-0.3, -0.25) is 4.79 Å². The number of hydrogen-bond acceptors (Lipinski definition) is 9. The van der Waals surface area contributed by atoms with Crippen LogP contribution >= 0.6 is 11.3 Å². The lowest BCUT2D eigenvalue weighted by molar-refractivity contribution is 0.0525. The summed E-state index contributed by atoms with van der Waals surface area (Å²) in [5, 5.41) is 16.6. The Morgan fingerprint density at radius 1 is 1.10 bits per heavy atom. The average molecular weight is 590 g/mol. The van der Waals surface area contributed by atoms with Gasteiger partial charge in [0.05, 0.1) is 37.6 Å². The Labute approximate surface area is 248 Å². The van der Waals surface area contributed by atoms with Gasteiger partial charge in [0.15, 0.2) is 11.5 Å². The van der Waals surface area contributed by atoms with Crippen LogP contribution in [0.1, 0.15) is 61.0 Å². The number of methoxy groups -OCH3 is 2. The molecule has 0 saturated carbocycles. The first-order chi connectivity index (χ1) is 19.9. The predicted molar refractivity (Wildman–Crippen MR) is 166 cm³/mol. The molecule has 0 unspecified atom stereocenters. The van der Waals surface area contributed by atoms with Crippen molar-refractivity contribution < 1.29 is 24.1 Å². The Bertz CT molecular complexity index is 1780. The highest BCUT2D eigenvalue weighted by Gasteiger charge is 2.42. The third-order valence-corrected chi connectivity index (χ3v) is 8.81. The van der Waals surface area contributed by atoms with Crippen molar-refractivity contribution in [1.82, 2.24) is 9.88 Å². The minimum absolute atomic E-state index is 0.235. The van der Waals surface area contributed by atoms with Crippen LogP contribution in [0.3, 0.4) is 0 Å². The van der Waals surface area contributed by atoms with Crippen LogP contribution in [0, 0.1) is 0 Å². The number of esters is 1. The molecule has 1 aliphatic rings. The van der Waals surface area contributed by atoms with E-state index in [0.29, 0.717) is 50.5 Å². The van der Waals surface area contributed by atoms with E-state index in [0.717, 1.165) is 10.4 Å². The summed E-state index contributed by atoms with van der Waals surface area (Å²) in [5.41, 5.74) is 1.04. The number of aliphatic imine (C=N–C) groups is 1. The summed E-state index contributed by atoms with van der Waals surface area (Å²) >= 11 is 1.43. The van der Waals surface area contributed by atoms with Crippen LogP contribution < -0.4 is 20.3 Å². The topological polar surface area (TPSA) is 111 Å². The number of aromatic nitrogens is 1. The first-order valence-corrected chi connectivity index (χ1v) is 14.5. The highest BCUT2D eigenvalue weighted by atomic mass is 32.1. The van der Waals surface area contributed by atoms with E-state index in [-0.39, 0.29) is 18.0 Å². The van der Waals surface area contributed by atoms with Gasteiger partial charge in [-0.15, -0.1) is 11.3 Å². The van der Waals surface area contributed by atoms with Crippen LogP contribution in [0.4, 0.5) is 5.00 Å². The van der Waals surface area contributed by atoms with Crippen molar-refractivity contribution in [2.24, 2.45) is 4.99 Å². The summed E-state index contributed by atoms with van der Waals surface area (Å²) in [7, 11) is 3.03. The molecule has 4 aromatic rings. The Morgan fingerprint density at radius 2 is 1.79 bits per heavy atom. The smallest absolute Gasteiger partial charge is 0.341 e. The van der Waals surface area contributed by atoms with E-state index in [1.54, 1.807) is 49.4 Å². The molecule has 2 aromatic carbocycles. The molecule has 3 heterocycles. The molecule has 0 radical (unpaired) electrons.